The van der Waals surface area contributed by atoms with Gasteiger partial charge in [0.15, 0.2) is 4.80 Å². The van der Waals surface area contributed by atoms with Crippen LogP contribution in [0.3, 0.4) is 0 Å². The molecule has 3 aromatic rings. The van der Waals surface area contributed by atoms with Crippen LogP contribution in [0.5, 0.6) is 5.75 Å². The van der Waals surface area contributed by atoms with E-state index >= 15 is 0 Å². The Morgan fingerprint density at radius 3 is 2.45 bits per heavy atom. The van der Waals surface area contributed by atoms with Gasteiger partial charge in [0.05, 0.1) is 5.69 Å². The maximum atomic E-state index is 9.79. The number of para-hydroxylation sites is 2. The zero-order chi connectivity index (χ0) is 13.9. The van der Waals surface area contributed by atoms with Crippen molar-refractivity contribution in [1.82, 2.24) is 4.57 Å². The van der Waals surface area contributed by atoms with E-state index in [1.807, 2.05) is 35.9 Å². The molecule has 1 N–H and O–H groups in total. The van der Waals surface area contributed by atoms with E-state index in [0.717, 1.165) is 16.1 Å². The van der Waals surface area contributed by atoms with E-state index in [1.54, 1.807) is 29.5 Å². The Hall–Kier alpha value is -2.33. The summed E-state index contributed by atoms with van der Waals surface area (Å²) < 4.78 is 2.03. The van der Waals surface area contributed by atoms with Crippen molar-refractivity contribution < 1.29 is 5.11 Å². The van der Waals surface area contributed by atoms with Gasteiger partial charge in [0, 0.05) is 12.4 Å². The average Bonchev–Trinajstić information content (AvgIpc) is 2.84. The van der Waals surface area contributed by atoms with E-state index in [-0.39, 0.29) is 5.75 Å². The molecule has 2 aromatic carbocycles. The molecular weight excluding hydrogens is 268 g/mol. The summed E-state index contributed by atoms with van der Waals surface area (Å²) in [5, 5.41) is 11.9. The van der Waals surface area contributed by atoms with Gasteiger partial charge in [-0.15, -0.1) is 11.3 Å². The Balaban J connectivity index is 2.10. The molecule has 0 radical (unpaired) electrons. The lowest BCUT2D eigenvalue weighted by molar-refractivity contribution is 0.476. The van der Waals surface area contributed by atoms with E-state index in [2.05, 4.69) is 22.5 Å². The molecule has 0 spiro atoms. The fraction of sp³-hybridized carbons (Fsp3) is 0.0625. The number of phenols is 1. The predicted octanol–water partition coefficient (Wildman–Crippen LogP) is 3.69. The third-order valence-electron chi connectivity index (χ3n) is 3.09. The van der Waals surface area contributed by atoms with Crippen molar-refractivity contribution >= 4 is 17.0 Å². The van der Waals surface area contributed by atoms with Crippen molar-refractivity contribution in [3.63, 3.8) is 0 Å². The zero-order valence-corrected chi connectivity index (χ0v) is 11.8. The molecule has 0 aliphatic carbocycles. The molecule has 0 amide bonds. The summed E-state index contributed by atoms with van der Waals surface area (Å²) >= 11 is 1.56. The number of aromatic nitrogens is 1. The highest BCUT2D eigenvalue weighted by molar-refractivity contribution is 7.07. The van der Waals surface area contributed by atoms with E-state index in [0.29, 0.717) is 5.69 Å². The standard InChI is InChI=1S/C16H14N2OS/c1-18-14(12-7-3-2-4-8-12)11-20-16(18)17-13-9-5-6-10-15(13)19/h2-11,19H,1H3. The number of rotatable bonds is 2. The summed E-state index contributed by atoms with van der Waals surface area (Å²) in [6, 6.07) is 17.3. The van der Waals surface area contributed by atoms with E-state index in [4.69, 9.17) is 0 Å². The summed E-state index contributed by atoms with van der Waals surface area (Å²) in [7, 11) is 1.98. The third-order valence-corrected chi connectivity index (χ3v) is 4.01. The summed E-state index contributed by atoms with van der Waals surface area (Å²) in [5.74, 6) is 0.196. The maximum Gasteiger partial charge on any atom is 0.190 e. The summed E-state index contributed by atoms with van der Waals surface area (Å²) in [6.07, 6.45) is 0. The third kappa shape index (κ3) is 2.38. The van der Waals surface area contributed by atoms with Gasteiger partial charge < -0.3 is 9.67 Å². The Morgan fingerprint density at radius 2 is 1.70 bits per heavy atom. The molecule has 0 bridgehead atoms. The van der Waals surface area contributed by atoms with Gasteiger partial charge in [-0.25, -0.2) is 4.99 Å². The van der Waals surface area contributed by atoms with Crippen LogP contribution in [0, 0.1) is 0 Å². The molecule has 0 aliphatic heterocycles. The van der Waals surface area contributed by atoms with Gasteiger partial charge in [-0.05, 0) is 17.7 Å². The molecule has 0 saturated carbocycles. The minimum absolute atomic E-state index is 0.196. The second-order valence-corrected chi connectivity index (χ2v) is 5.27. The molecule has 3 rings (SSSR count). The molecule has 0 aliphatic rings. The van der Waals surface area contributed by atoms with Gasteiger partial charge in [0.2, 0.25) is 0 Å². The molecular formula is C16H14N2OS. The number of nitrogens with zero attached hydrogens (tertiary/aromatic N) is 2. The monoisotopic (exact) mass is 282 g/mol. The molecule has 4 heteroatoms. The lowest BCUT2D eigenvalue weighted by Gasteiger charge is -2.02. The topological polar surface area (TPSA) is 37.5 Å². The SMILES string of the molecule is Cn1c(-c2ccccc2)csc1=Nc1ccccc1O. The smallest absolute Gasteiger partial charge is 0.190 e. The first-order valence-corrected chi connectivity index (χ1v) is 7.16. The second kappa shape index (κ2) is 5.35. The van der Waals surface area contributed by atoms with Crippen molar-refractivity contribution in [2.24, 2.45) is 12.0 Å². The highest BCUT2D eigenvalue weighted by atomic mass is 32.1. The Morgan fingerprint density at radius 1 is 1.00 bits per heavy atom. The Bertz CT molecular complexity index is 787. The number of phenolic OH excluding ortho intramolecular Hbond substituents is 1. The van der Waals surface area contributed by atoms with Crippen LogP contribution in [0.2, 0.25) is 0 Å². The molecule has 0 saturated heterocycles. The first-order valence-electron chi connectivity index (χ1n) is 6.28. The lowest BCUT2D eigenvalue weighted by Crippen LogP contribution is -2.10. The van der Waals surface area contributed by atoms with Crippen LogP contribution in [0.4, 0.5) is 5.69 Å². The maximum absolute atomic E-state index is 9.79. The number of benzene rings is 2. The fourth-order valence-electron chi connectivity index (χ4n) is 2.00. The minimum Gasteiger partial charge on any atom is -0.506 e. The minimum atomic E-state index is 0.196. The number of hydrogen-bond donors (Lipinski definition) is 1. The van der Waals surface area contributed by atoms with Crippen LogP contribution in [-0.4, -0.2) is 9.67 Å². The molecule has 0 atom stereocenters. The largest absolute Gasteiger partial charge is 0.506 e. The second-order valence-electron chi connectivity index (χ2n) is 4.43. The molecule has 1 aromatic heterocycles. The molecule has 100 valence electrons. The first kappa shape index (κ1) is 12.7. The molecule has 0 fully saturated rings. The van der Waals surface area contributed by atoms with Crippen LogP contribution in [0.1, 0.15) is 0 Å². The van der Waals surface area contributed by atoms with Gasteiger partial charge in [-0.1, -0.05) is 42.5 Å². The average molecular weight is 282 g/mol. The normalized spacial score (nSPS) is 11.8. The zero-order valence-electron chi connectivity index (χ0n) is 11.0. The first-order chi connectivity index (χ1) is 9.75. The van der Waals surface area contributed by atoms with Gasteiger partial charge in [-0.3, -0.25) is 0 Å². The van der Waals surface area contributed by atoms with Crippen LogP contribution in [0.15, 0.2) is 65.0 Å². The Labute approximate surface area is 121 Å². The summed E-state index contributed by atoms with van der Waals surface area (Å²) in [6.45, 7) is 0. The van der Waals surface area contributed by atoms with Crippen LogP contribution in [-0.2, 0) is 7.05 Å². The quantitative estimate of drug-likeness (QED) is 0.764. The Kier molecular flexibility index (Phi) is 3.39. The van der Waals surface area contributed by atoms with Crippen LogP contribution < -0.4 is 4.80 Å². The lowest BCUT2D eigenvalue weighted by atomic mass is 10.2. The van der Waals surface area contributed by atoms with Crippen molar-refractivity contribution in [2.75, 3.05) is 0 Å². The van der Waals surface area contributed by atoms with Gasteiger partial charge in [0.25, 0.3) is 0 Å². The molecule has 20 heavy (non-hydrogen) atoms. The van der Waals surface area contributed by atoms with Crippen LogP contribution >= 0.6 is 11.3 Å². The van der Waals surface area contributed by atoms with Crippen molar-refractivity contribution in [3.8, 4) is 17.0 Å². The highest BCUT2D eigenvalue weighted by Gasteiger charge is 2.04. The van der Waals surface area contributed by atoms with Gasteiger partial charge >= 0.3 is 0 Å². The van der Waals surface area contributed by atoms with E-state index in [1.165, 1.54) is 0 Å². The number of hydrogen-bond acceptors (Lipinski definition) is 3. The van der Waals surface area contributed by atoms with Crippen molar-refractivity contribution in [3.05, 3.63) is 64.8 Å². The highest BCUT2D eigenvalue weighted by Crippen LogP contribution is 2.25. The fourth-order valence-corrected chi connectivity index (χ4v) is 2.92. The summed E-state index contributed by atoms with van der Waals surface area (Å²) in [5.41, 5.74) is 2.86. The molecule has 0 unspecified atom stereocenters. The van der Waals surface area contributed by atoms with E-state index in [9.17, 15) is 5.11 Å². The van der Waals surface area contributed by atoms with Crippen LogP contribution in [0.25, 0.3) is 11.3 Å². The van der Waals surface area contributed by atoms with Crippen molar-refractivity contribution in [1.29, 1.82) is 0 Å². The number of thiazole rings is 1. The predicted molar refractivity (Wildman–Crippen MR) is 82.1 cm³/mol. The van der Waals surface area contributed by atoms with E-state index < -0.39 is 0 Å². The van der Waals surface area contributed by atoms with Crippen molar-refractivity contribution in [2.45, 2.75) is 0 Å². The molecule has 1 heterocycles. The summed E-state index contributed by atoms with van der Waals surface area (Å²) in [4.78, 5) is 5.37. The van der Waals surface area contributed by atoms with Gasteiger partial charge in [0.1, 0.15) is 11.4 Å². The van der Waals surface area contributed by atoms with Gasteiger partial charge in [-0.2, -0.15) is 0 Å². The molecule has 3 nitrogen and oxygen atoms in total. The number of aromatic hydroxyl groups is 1.